The van der Waals surface area contributed by atoms with Crippen molar-refractivity contribution in [3.8, 4) is 0 Å². The first-order valence-corrected chi connectivity index (χ1v) is 11.7. The monoisotopic (exact) mass is 459 g/mol. The maximum absolute atomic E-state index is 12.7. The molecule has 1 aliphatic rings. The maximum Gasteiger partial charge on any atom is 0.237 e. The van der Waals surface area contributed by atoms with Gasteiger partial charge in [0, 0.05) is 23.8 Å². The van der Waals surface area contributed by atoms with Gasteiger partial charge in [-0.25, -0.2) is 0 Å². The lowest BCUT2D eigenvalue weighted by molar-refractivity contribution is -0.115. The molecule has 3 aromatic rings. The summed E-state index contributed by atoms with van der Waals surface area (Å²) in [5.41, 5.74) is 0.671. The van der Waals surface area contributed by atoms with Crippen LogP contribution in [0.3, 0.4) is 0 Å². The number of amides is 1. The second-order valence-corrected chi connectivity index (χ2v) is 9.62. The van der Waals surface area contributed by atoms with Gasteiger partial charge < -0.3 is 14.6 Å². The normalized spacial score (nSPS) is 15.8. The van der Waals surface area contributed by atoms with Crippen LogP contribution in [0.1, 0.15) is 32.4 Å². The minimum absolute atomic E-state index is 0.117. The third-order valence-electron chi connectivity index (χ3n) is 5.40. The van der Waals surface area contributed by atoms with Gasteiger partial charge in [0.05, 0.1) is 18.1 Å². The van der Waals surface area contributed by atoms with E-state index in [1.807, 2.05) is 35.8 Å². The van der Waals surface area contributed by atoms with Crippen LogP contribution in [0.5, 0.6) is 0 Å². The third-order valence-corrected chi connectivity index (χ3v) is 6.72. The fourth-order valence-electron chi connectivity index (χ4n) is 3.53. The van der Waals surface area contributed by atoms with Crippen molar-refractivity contribution in [3.63, 3.8) is 0 Å². The van der Waals surface area contributed by atoms with Gasteiger partial charge in [0.15, 0.2) is 5.16 Å². The van der Waals surface area contributed by atoms with E-state index in [1.54, 1.807) is 18.4 Å². The van der Waals surface area contributed by atoms with Crippen molar-refractivity contribution in [2.45, 2.75) is 43.6 Å². The highest BCUT2D eigenvalue weighted by Crippen LogP contribution is 2.29. The Kier molecular flexibility index (Phi) is 6.87. The Labute approximate surface area is 191 Å². The quantitative estimate of drug-likeness (QED) is 0.505. The van der Waals surface area contributed by atoms with Crippen LogP contribution in [0.15, 0.2) is 52.2 Å². The molecule has 0 aliphatic carbocycles. The molecule has 1 atom stereocenters. The molecular weight excluding hydrogens is 434 g/mol. The maximum atomic E-state index is 12.7. The Hall–Kier alpha value is -2.45. The molecule has 1 saturated heterocycles. The summed E-state index contributed by atoms with van der Waals surface area (Å²) in [7, 11) is 0. The number of thioether (sulfide) groups is 1. The molecule has 1 fully saturated rings. The largest absolute Gasteiger partial charge is 0.467 e. The van der Waals surface area contributed by atoms with Crippen molar-refractivity contribution in [1.29, 1.82) is 0 Å². The second-order valence-electron chi connectivity index (χ2n) is 7.88. The van der Waals surface area contributed by atoms with Crippen molar-refractivity contribution in [3.05, 3.63) is 53.4 Å². The lowest BCUT2D eigenvalue weighted by atomic mass is 10.00. The van der Waals surface area contributed by atoms with Crippen LogP contribution < -0.4 is 10.2 Å². The predicted octanol–water partition coefficient (Wildman–Crippen LogP) is 4.93. The number of hydrogen-bond donors (Lipinski definition) is 1. The molecule has 0 saturated carbocycles. The summed E-state index contributed by atoms with van der Waals surface area (Å²) in [6, 6.07) is 10.9. The van der Waals surface area contributed by atoms with E-state index in [9.17, 15) is 4.79 Å². The summed E-state index contributed by atoms with van der Waals surface area (Å²) in [6.45, 7) is 6.57. The average Bonchev–Trinajstić information content (AvgIpc) is 3.40. The number of anilines is 2. The number of halogens is 1. The van der Waals surface area contributed by atoms with E-state index in [-0.39, 0.29) is 11.2 Å². The summed E-state index contributed by atoms with van der Waals surface area (Å²) in [6.07, 6.45) is 3.93. The van der Waals surface area contributed by atoms with Crippen molar-refractivity contribution in [2.24, 2.45) is 5.92 Å². The first-order chi connectivity index (χ1) is 15.0. The summed E-state index contributed by atoms with van der Waals surface area (Å²) in [4.78, 5) is 15.0. The summed E-state index contributed by atoms with van der Waals surface area (Å²) >= 11 is 7.40. The SMILES string of the molecule is CC1CCN(c2nnc(SC(C)C(=O)Nc3cccc(Cl)c3)n2Cc2ccco2)CC1. The van der Waals surface area contributed by atoms with Crippen LogP contribution in [-0.4, -0.2) is 39.0 Å². The number of carbonyl (C=O) groups is 1. The van der Waals surface area contributed by atoms with E-state index < -0.39 is 0 Å². The first-order valence-electron chi connectivity index (χ1n) is 10.4. The fourth-order valence-corrected chi connectivity index (χ4v) is 4.56. The Bertz CT molecular complexity index is 1010. The van der Waals surface area contributed by atoms with E-state index in [2.05, 4.69) is 27.3 Å². The van der Waals surface area contributed by atoms with Crippen molar-refractivity contribution in [1.82, 2.24) is 14.8 Å². The number of furan rings is 1. The molecule has 164 valence electrons. The molecule has 9 heteroatoms. The molecule has 2 aromatic heterocycles. The van der Waals surface area contributed by atoms with E-state index in [0.29, 0.717) is 22.4 Å². The number of carbonyl (C=O) groups excluding carboxylic acids is 1. The molecular formula is C22H26ClN5O2S. The molecule has 1 unspecified atom stereocenters. The Morgan fingerprint density at radius 2 is 2.10 bits per heavy atom. The van der Waals surface area contributed by atoms with Crippen molar-refractivity contribution in [2.75, 3.05) is 23.3 Å². The molecule has 1 aliphatic heterocycles. The molecule has 3 heterocycles. The number of benzene rings is 1. The van der Waals surface area contributed by atoms with Crippen LogP contribution in [0.25, 0.3) is 0 Å². The summed E-state index contributed by atoms with van der Waals surface area (Å²) in [5.74, 6) is 2.26. The van der Waals surface area contributed by atoms with Crippen LogP contribution in [0.2, 0.25) is 5.02 Å². The van der Waals surface area contributed by atoms with Gasteiger partial charge in [0.1, 0.15) is 5.76 Å². The highest BCUT2D eigenvalue weighted by Gasteiger charge is 2.25. The number of hydrogen-bond acceptors (Lipinski definition) is 6. The summed E-state index contributed by atoms with van der Waals surface area (Å²) in [5, 5.41) is 12.7. The van der Waals surface area contributed by atoms with Gasteiger partial charge in [0.2, 0.25) is 11.9 Å². The molecule has 0 spiro atoms. The molecule has 0 radical (unpaired) electrons. The van der Waals surface area contributed by atoms with Gasteiger partial charge in [0.25, 0.3) is 0 Å². The van der Waals surface area contributed by atoms with Gasteiger partial charge in [-0.1, -0.05) is 36.4 Å². The average molecular weight is 460 g/mol. The van der Waals surface area contributed by atoms with Crippen molar-refractivity contribution < 1.29 is 9.21 Å². The van der Waals surface area contributed by atoms with E-state index in [0.717, 1.165) is 43.6 Å². The number of aromatic nitrogens is 3. The van der Waals surface area contributed by atoms with Gasteiger partial charge in [-0.05, 0) is 56.0 Å². The zero-order valence-corrected chi connectivity index (χ0v) is 19.2. The van der Waals surface area contributed by atoms with Gasteiger partial charge in [-0.3, -0.25) is 9.36 Å². The molecule has 1 amide bonds. The Morgan fingerprint density at radius 3 is 2.81 bits per heavy atom. The Morgan fingerprint density at radius 1 is 1.29 bits per heavy atom. The van der Waals surface area contributed by atoms with Crippen LogP contribution in [0, 0.1) is 5.92 Å². The second kappa shape index (κ2) is 9.78. The zero-order chi connectivity index (χ0) is 21.8. The predicted molar refractivity (Wildman–Crippen MR) is 124 cm³/mol. The van der Waals surface area contributed by atoms with Gasteiger partial charge >= 0.3 is 0 Å². The van der Waals surface area contributed by atoms with E-state index in [4.69, 9.17) is 16.0 Å². The molecule has 31 heavy (non-hydrogen) atoms. The number of piperidine rings is 1. The minimum Gasteiger partial charge on any atom is -0.467 e. The van der Waals surface area contributed by atoms with E-state index in [1.165, 1.54) is 11.8 Å². The van der Waals surface area contributed by atoms with Crippen molar-refractivity contribution >= 4 is 40.9 Å². The molecule has 1 N–H and O–H groups in total. The number of rotatable bonds is 7. The smallest absolute Gasteiger partial charge is 0.237 e. The van der Waals surface area contributed by atoms with Gasteiger partial charge in [-0.2, -0.15) is 0 Å². The molecule has 4 rings (SSSR count). The van der Waals surface area contributed by atoms with Gasteiger partial charge in [-0.15, -0.1) is 10.2 Å². The van der Waals surface area contributed by atoms with E-state index >= 15 is 0 Å². The van der Waals surface area contributed by atoms with Crippen LogP contribution >= 0.6 is 23.4 Å². The molecule has 7 nitrogen and oxygen atoms in total. The van der Waals surface area contributed by atoms with Crippen LogP contribution in [0.4, 0.5) is 11.6 Å². The minimum atomic E-state index is -0.368. The molecule has 0 bridgehead atoms. The number of nitrogens with zero attached hydrogens (tertiary/aromatic N) is 4. The van der Waals surface area contributed by atoms with Crippen LogP contribution in [-0.2, 0) is 11.3 Å². The lowest BCUT2D eigenvalue weighted by Crippen LogP contribution is -2.35. The molecule has 1 aromatic carbocycles. The third kappa shape index (κ3) is 5.43. The first kappa shape index (κ1) is 21.8. The highest BCUT2D eigenvalue weighted by atomic mass is 35.5. The highest BCUT2D eigenvalue weighted by molar-refractivity contribution is 8.00. The summed E-state index contributed by atoms with van der Waals surface area (Å²) < 4.78 is 7.61. The standard InChI is InChI=1S/C22H26ClN5O2S/c1-15-8-10-27(11-9-15)21-25-26-22(28(21)14-19-7-4-12-30-19)31-16(2)20(29)24-18-6-3-5-17(23)13-18/h3-7,12-13,15-16H,8-11,14H2,1-2H3,(H,24,29). The zero-order valence-electron chi connectivity index (χ0n) is 17.6. The Balaban J connectivity index is 1.51. The lowest BCUT2D eigenvalue weighted by Gasteiger charge is -2.31. The number of nitrogens with one attached hydrogen (secondary N) is 1. The fraction of sp³-hybridized carbons (Fsp3) is 0.409. The topological polar surface area (TPSA) is 76.2 Å².